The van der Waals surface area contributed by atoms with Crippen molar-refractivity contribution in [2.75, 3.05) is 39.3 Å². The molecule has 0 unspecified atom stereocenters. The van der Waals surface area contributed by atoms with Gasteiger partial charge in [0.1, 0.15) is 0 Å². The predicted molar refractivity (Wildman–Crippen MR) is 140 cm³/mol. The summed E-state index contributed by atoms with van der Waals surface area (Å²) >= 11 is 0. The van der Waals surface area contributed by atoms with Crippen molar-refractivity contribution in [3.8, 4) is 0 Å². The summed E-state index contributed by atoms with van der Waals surface area (Å²) in [4.78, 5) is 26.7. The minimum absolute atomic E-state index is 0.00782. The third-order valence-corrected chi connectivity index (χ3v) is 10.5. The number of benzene rings is 1. The van der Waals surface area contributed by atoms with E-state index in [-0.39, 0.29) is 46.4 Å². The van der Waals surface area contributed by atoms with E-state index in [1.165, 1.54) is 32.9 Å². The average Bonchev–Trinajstić information content (AvgIpc) is 2.80. The maximum atomic E-state index is 13.3. The highest BCUT2D eigenvalue weighted by atomic mass is 32.2. The van der Waals surface area contributed by atoms with Gasteiger partial charge in [-0.2, -0.15) is 8.61 Å². The Labute approximate surface area is 220 Å². The summed E-state index contributed by atoms with van der Waals surface area (Å²) in [5.74, 6) is -0.718. The summed E-state index contributed by atoms with van der Waals surface area (Å²) in [7, 11) is -7.59. The first-order chi connectivity index (χ1) is 17.2. The molecule has 3 rings (SSSR count). The first-order valence-corrected chi connectivity index (χ1v) is 15.5. The normalized spacial score (nSPS) is 19.9. The second-order valence-electron chi connectivity index (χ2n) is 10.6. The van der Waals surface area contributed by atoms with Gasteiger partial charge in [-0.05, 0) is 57.9 Å². The van der Waals surface area contributed by atoms with E-state index in [2.05, 4.69) is 10.6 Å². The van der Waals surface area contributed by atoms with E-state index in [1.807, 2.05) is 20.8 Å². The van der Waals surface area contributed by atoms with Crippen molar-refractivity contribution in [1.82, 2.24) is 24.1 Å². The van der Waals surface area contributed by atoms with Gasteiger partial charge in [-0.15, -0.1) is 0 Å². The molecule has 1 atom stereocenters. The number of sulfonamides is 2. The van der Waals surface area contributed by atoms with Crippen LogP contribution in [0.4, 0.5) is 4.79 Å². The molecule has 2 N–H and O–H groups in total. The Morgan fingerprint density at radius 2 is 1.54 bits per heavy atom. The largest absolute Gasteiger partial charge is 0.350 e. The van der Waals surface area contributed by atoms with Crippen LogP contribution >= 0.6 is 0 Å². The number of carbonyl (C=O) groups is 2. The third kappa shape index (κ3) is 6.81. The fraction of sp³-hybridized carbons (Fsp3) is 0.667. The van der Waals surface area contributed by atoms with Crippen molar-refractivity contribution >= 4 is 32.0 Å². The van der Waals surface area contributed by atoms with Crippen LogP contribution in [0.1, 0.15) is 47.5 Å². The molecule has 2 aliphatic rings. The van der Waals surface area contributed by atoms with Gasteiger partial charge in [0, 0.05) is 44.8 Å². The number of likely N-dealkylation sites (tertiary alicyclic amines) is 1. The molecule has 2 fully saturated rings. The predicted octanol–water partition coefficient (Wildman–Crippen LogP) is 1.43. The molecule has 11 nitrogen and oxygen atoms in total. The van der Waals surface area contributed by atoms with E-state index < -0.39 is 26.0 Å². The molecule has 0 aromatic heterocycles. The Morgan fingerprint density at radius 3 is 2.08 bits per heavy atom. The lowest BCUT2D eigenvalue weighted by Crippen LogP contribution is -2.65. The maximum absolute atomic E-state index is 13.3. The van der Waals surface area contributed by atoms with Crippen molar-refractivity contribution in [2.45, 2.75) is 68.8 Å². The number of nitrogens with one attached hydrogen (secondary N) is 2. The highest BCUT2D eigenvalue weighted by molar-refractivity contribution is 7.89. The standard InChI is InChI=1S/C24H39N5O6S2/c1-6-28(7-2)36(32,33)20-10-12-21(13-11-20)37(34,35)29-14-8-9-18(15-29)22(30)25-19-16-27(17-19)23(31)26-24(3,4)5/h10-13,18-19H,6-9,14-17H2,1-5H3,(H,25,30)(H,26,31)/t18-/m1/s1. The van der Waals surface area contributed by atoms with Gasteiger partial charge in [0.25, 0.3) is 0 Å². The Bertz CT molecular complexity index is 1180. The molecule has 2 aliphatic heterocycles. The molecule has 0 aliphatic carbocycles. The molecule has 0 bridgehead atoms. The van der Waals surface area contributed by atoms with Gasteiger partial charge in [-0.25, -0.2) is 21.6 Å². The number of piperidine rings is 1. The molecule has 13 heteroatoms. The number of urea groups is 1. The van der Waals surface area contributed by atoms with E-state index in [0.717, 1.165) is 0 Å². The molecule has 1 aromatic carbocycles. The molecule has 0 radical (unpaired) electrons. The third-order valence-electron chi connectivity index (χ3n) is 6.56. The van der Waals surface area contributed by atoms with Crippen LogP contribution in [-0.2, 0) is 24.8 Å². The molecule has 0 spiro atoms. The smallest absolute Gasteiger partial charge is 0.317 e. The molecule has 3 amide bonds. The number of carbonyl (C=O) groups excluding carboxylic acids is 2. The van der Waals surface area contributed by atoms with Crippen LogP contribution in [0.2, 0.25) is 0 Å². The maximum Gasteiger partial charge on any atom is 0.317 e. The van der Waals surface area contributed by atoms with Gasteiger partial charge in [0.15, 0.2) is 0 Å². The SMILES string of the molecule is CCN(CC)S(=O)(=O)c1ccc(S(=O)(=O)N2CCC[C@@H](C(=O)NC3CN(C(=O)NC(C)(C)C)C3)C2)cc1. The Hall–Kier alpha value is -2.22. The van der Waals surface area contributed by atoms with E-state index in [9.17, 15) is 26.4 Å². The summed E-state index contributed by atoms with van der Waals surface area (Å²) in [5.41, 5.74) is -0.345. The van der Waals surface area contributed by atoms with Crippen LogP contribution in [0.15, 0.2) is 34.1 Å². The second-order valence-corrected chi connectivity index (χ2v) is 14.4. The Balaban J connectivity index is 1.60. The Kier molecular flexibility index (Phi) is 8.93. The molecular weight excluding hydrogens is 518 g/mol. The lowest BCUT2D eigenvalue weighted by Gasteiger charge is -2.41. The highest BCUT2D eigenvalue weighted by Gasteiger charge is 2.37. The quantitative estimate of drug-likeness (QED) is 0.496. The summed E-state index contributed by atoms with van der Waals surface area (Å²) in [6, 6.07) is 4.90. The number of hydrogen-bond acceptors (Lipinski definition) is 6. The van der Waals surface area contributed by atoms with Crippen molar-refractivity contribution < 1.29 is 26.4 Å². The lowest BCUT2D eigenvalue weighted by molar-refractivity contribution is -0.127. The molecule has 208 valence electrons. The molecule has 1 aromatic rings. The summed E-state index contributed by atoms with van der Waals surface area (Å²) < 4.78 is 54.5. The monoisotopic (exact) mass is 557 g/mol. The van der Waals surface area contributed by atoms with Crippen LogP contribution in [0, 0.1) is 5.92 Å². The summed E-state index contributed by atoms with van der Waals surface area (Å²) in [5, 5.41) is 5.82. The van der Waals surface area contributed by atoms with Gasteiger partial charge in [-0.3, -0.25) is 4.79 Å². The molecular formula is C24H39N5O6S2. The zero-order chi connectivity index (χ0) is 27.6. The Morgan fingerprint density at radius 1 is 0.973 bits per heavy atom. The number of hydrogen-bond donors (Lipinski definition) is 2. The van der Waals surface area contributed by atoms with E-state index in [1.54, 1.807) is 18.7 Å². The lowest BCUT2D eigenvalue weighted by atomic mass is 9.97. The number of rotatable bonds is 8. The molecule has 37 heavy (non-hydrogen) atoms. The fourth-order valence-corrected chi connectivity index (χ4v) is 7.46. The van der Waals surface area contributed by atoms with Crippen molar-refractivity contribution in [2.24, 2.45) is 5.92 Å². The fourth-order valence-electron chi connectivity index (χ4n) is 4.47. The first-order valence-electron chi connectivity index (χ1n) is 12.7. The van der Waals surface area contributed by atoms with E-state index >= 15 is 0 Å². The zero-order valence-corrected chi connectivity index (χ0v) is 23.9. The summed E-state index contributed by atoms with van der Waals surface area (Å²) in [6.45, 7) is 11.0. The van der Waals surface area contributed by atoms with Gasteiger partial charge in [0.2, 0.25) is 26.0 Å². The molecule has 2 heterocycles. The average molecular weight is 558 g/mol. The van der Waals surface area contributed by atoms with Crippen molar-refractivity contribution in [1.29, 1.82) is 0 Å². The zero-order valence-electron chi connectivity index (χ0n) is 22.2. The van der Waals surface area contributed by atoms with Crippen LogP contribution < -0.4 is 10.6 Å². The number of nitrogens with zero attached hydrogens (tertiary/aromatic N) is 3. The van der Waals surface area contributed by atoms with Crippen LogP contribution in [0.5, 0.6) is 0 Å². The topological polar surface area (TPSA) is 136 Å². The summed E-state index contributed by atoms with van der Waals surface area (Å²) in [6.07, 6.45) is 1.11. The first kappa shape index (κ1) is 29.3. The minimum Gasteiger partial charge on any atom is -0.350 e. The minimum atomic E-state index is -3.90. The van der Waals surface area contributed by atoms with Gasteiger partial charge >= 0.3 is 6.03 Å². The van der Waals surface area contributed by atoms with Crippen LogP contribution in [-0.4, -0.2) is 93.1 Å². The van der Waals surface area contributed by atoms with Gasteiger partial charge < -0.3 is 15.5 Å². The van der Waals surface area contributed by atoms with Crippen molar-refractivity contribution in [3.63, 3.8) is 0 Å². The van der Waals surface area contributed by atoms with E-state index in [0.29, 0.717) is 39.0 Å². The van der Waals surface area contributed by atoms with Crippen LogP contribution in [0.3, 0.4) is 0 Å². The number of amides is 3. The molecule has 2 saturated heterocycles. The molecule has 0 saturated carbocycles. The van der Waals surface area contributed by atoms with Crippen molar-refractivity contribution in [3.05, 3.63) is 24.3 Å². The van der Waals surface area contributed by atoms with Gasteiger partial charge in [0.05, 0.1) is 21.8 Å². The van der Waals surface area contributed by atoms with Crippen LogP contribution in [0.25, 0.3) is 0 Å². The van der Waals surface area contributed by atoms with E-state index in [4.69, 9.17) is 0 Å². The highest BCUT2D eigenvalue weighted by Crippen LogP contribution is 2.26. The van der Waals surface area contributed by atoms with Gasteiger partial charge in [-0.1, -0.05) is 13.8 Å². The second kappa shape index (κ2) is 11.3.